The molecule has 1 aromatic carbocycles. The van der Waals surface area contributed by atoms with Crippen LogP contribution >= 0.6 is 0 Å². The molecule has 0 radical (unpaired) electrons. The summed E-state index contributed by atoms with van der Waals surface area (Å²) in [6, 6.07) is 2.81. The number of rotatable bonds is 2. The van der Waals surface area contributed by atoms with Gasteiger partial charge >= 0.3 is 0 Å². The minimum Gasteiger partial charge on any atom is -0.486 e. The summed E-state index contributed by atoms with van der Waals surface area (Å²) in [5.41, 5.74) is 6.02. The van der Waals surface area contributed by atoms with Crippen LogP contribution in [0.2, 0.25) is 0 Å². The lowest BCUT2D eigenvalue weighted by molar-refractivity contribution is 0.172. The lowest BCUT2D eigenvalue weighted by atomic mass is 10.2. The molecule has 94 valence electrons. The van der Waals surface area contributed by atoms with Crippen LogP contribution < -0.4 is 15.2 Å². The van der Waals surface area contributed by atoms with Crippen LogP contribution in [0.25, 0.3) is 0 Å². The van der Waals surface area contributed by atoms with Crippen LogP contribution in [0, 0.1) is 0 Å². The van der Waals surface area contributed by atoms with Crippen molar-refractivity contribution in [1.82, 2.24) is 4.31 Å². The lowest BCUT2D eigenvalue weighted by Gasteiger charge is -2.21. The molecule has 0 saturated heterocycles. The van der Waals surface area contributed by atoms with Crippen molar-refractivity contribution in [2.24, 2.45) is 0 Å². The number of fused-ring (bicyclic) bond motifs is 1. The third kappa shape index (κ3) is 2.03. The highest BCUT2D eigenvalue weighted by molar-refractivity contribution is 7.89. The first kappa shape index (κ1) is 12.0. The fourth-order valence-electron chi connectivity index (χ4n) is 1.51. The normalized spacial score (nSPS) is 15.0. The molecule has 0 unspecified atom stereocenters. The lowest BCUT2D eigenvalue weighted by Crippen LogP contribution is -2.23. The average Bonchev–Trinajstić information content (AvgIpc) is 2.28. The molecule has 0 aliphatic carbocycles. The van der Waals surface area contributed by atoms with E-state index >= 15 is 0 Å². The molecule has 1 aliphatic rings. The smallest absolute Gasteiger partial charge is 0.242 e. The van der Waals surface area contributed by atoms with E-state index in [1.807, 2.05) is 0 Å². The molecule has 0 amide bonds. The summed E-state index contributed by atoms with van der Waals surface area (Å²) in [4.78, 5) is 0.101. The largest absolute Gasteiger partial charge is 0.486 e. The van der Waals surface area contributed by atoms with E-state index in [1.54, 1.807) is 0 Å². The van der Waals surface area contributed by atoms with Crippen LogP contribution in [0.5, 0.6) is 11.5 Å². The highest BCUT2D eigenvalue weighted by atomic mass is 32.2. The van der Waals surface area contributed by atoms with Gasteiger partial charge in [0, 0.05) is 20.2 Å². The van der Waals surface area contributed by atoms with Gasteiger partial charge in [-0.2, -0.15) is 0 Å². The number of ether oxygens (including phenoxy) is 2. The topological polar surface area (TPSA) is 81.9 Å². The van der Waals surface area contributed by atoms with Gasteiger partial charge in [-0.25, -0.2) is 12.7 Å². The Balaban J connectivity index is 2.55. The van der Waals surface area contributed by atoms with Gasteiger partial charge in [0.2, 0.25) is 10.0 Å². The Morgan fingerprint density at radius 3 is 2.53 bits per heavy atom. The Morgan fingerprint density at radius 2 is 1.88 bits per heavy atom. The molecule has 0 spiro atoms. The summed E-state index contributed by atoms with van der Waals surface area (Å²) in [6.07, 6.45) is 0. The minimum atomic E-state index is -3.52. The Labute approximate surface area is 100.0 Å². The highest BCUT2D eigenvalue weighted by Gasteiger charge is 2.23. The molecule has 1 heterocycles. The molecule has 6 nitrogen and oxygen atoms in total. The molecule has 7 heteroatoms. The zero-order chi connectivity index (χ0) is 12.6. The maximum atomic E-state index is 11.9. The van der Waals surface area contributed by atoms with E-state index in [2.05, 4.69) is 0 Å². The highest BCUT2D eigenvalue weighted by Crippen LogP contribution is 2.38. The van der Waals surface area contributed by atoms with E-state index in [0.29, 0.717) is 24.7 Å². The SMILES string of the molecule is CN(C)S(=O)(=O)c1cc(N)c2c(c1)OCCO2. The van der Waals surface area contributed by atoms with Crippen molar-refractivity contribution in [1.29, 1.82) is 0 Å². The van der Waals surface area contributed by atoms with E-state index < -0.39 is 10.0 Å². The van der Waals surface area contributed by atoms with Gasteiger partial charge in [-0.05, 0) is 6.07 Å². The molecule has 1 aliphatic heterocycles. The maximum Gasteiger partial charge on any atom is 0.242 e. The predicted octanol–water partition coefficient (Wildman–Crippen LogP) is 0.290. The maximum absolute atomic E-state index is 11.9. The number of nitrogens with two attached hydrogens (primary N) is 1. The fraction of sp³-hybridized carbons (Fsp3) is 0.400. The second-order valence-electron chi connectivity index (χ2n) is 3.82. The van der Waals surface area contributed by atoms with Crippen molar-refractivity contribution in [3.8, 4) is 11.5 Å². The number of nitrogen functional groups attached to an aromatic ring is 1. The first-order valence-corrected chi connectivity index (χ1v) is 6.48. The summed E-state index contributed by atoms with van der Waals surface area (Å²) in [5, 5.41) is 0. The molecule has 2 rings (SSSR count). The van der Waals surface area contributed by atoms with Crippen molar-refractivity contribution in [3.63, 3.8) is 0 Å². The van der Waals surface area contributed by atoms with Gasteiger partial charge in [-0.1, -0.05) is 0 Å². The van der Waals surface area contributed by atoms with Gasteiger partial charge < -0.3 is 15.2 Å². The summed E-state index contributed by atoms with van der Waals surface area (Å²) in [5.74, 6) is 0.783. The summed E-state index contributed by atoms with van der Waals surface area (Å²) < 4.78 is 35.7. The molecule has 17 heavy (non-hydrogen) atoms. The Kier molecular flexibility index (Phi) is 2.88. The van der Waals surface area contributed by atoms with Crippen LogP contribution in [0.4, 0.5) is 5.69 Å². The molecular weight excluding hydrogens is 244 g/mol. The summed E-state index contributed by atoms with van der Waals surface area (Å²) >= 11 is 0. The predicted molar refractivity (Wildman–Crippen MR) is 62.7 cm³/mol. The quantitative estimate of drug-likeness (QED) is 0.771. The van der Waals surface area contributed by atoms with Crippen molar-refractivity contribution >= 4 is 15.7 Å². The van der Waals surface area contributed by atoms with E-state index in [9.17, 15) is 8.42 Å². The van der Waals surface area contributed by atoms with Crippen molar-refractivity contribution in [3.05, 3.63) is 12.1 Å². The molecule has 1 aromatic rings. The standard InChI is InChI=1S/C10H14N2O4S/c1-12(2)17(13,14)7-5-8(11)10-9(6-7)15-3-4-16-10/h5-6H,3-4,11H2,1-2H3. The first-order chi connectivity index (χ1) is 7.93. The average molecular weight is 258 g/mol. The van der Waals surface area contributed by atoms with Crippen LogP contribution in [-0.2, 0) is 10.0 Å². The number of nitrogens with zero attached hydrogens (tertiary/aromatic N) is 1. The first-order valence-electron chi connectivity index (χ1n) is 5.04. The monoisotopic (exact) mass is 258 g/mol. The minimum absolute atomic E-state index is 0.101. The summed E-state index contributed by atoms with van der Waals surface area (Å²) in [7, 11) is -0.594. The molecule has 0 saturated carbocycles. The molecule has 0 aromatic heterocycles. The third-order valence-corrected chi connectivity index (χ3v) is 4.22. The van der Waals surface area contributed by atoms with Crippen LogP contribution in [0.15, 0.2) is 17.0 Å². The van der Waals surface area contributed by atoms with Crippen LogP contribution in [-0.4, -0.2) is 40.0 Å². The number of hydrogen-bond donors (Lipinski definition) is 1. The Bertz CT molecular complexity index is 539. The van der Waals surface area contributed by atoms with Gasteiger partial charge in [0.05, 0.1) is 10.6 Å². The van der Waals surface area contributed by atoms with Crippen molar-refractivity contribution in [2.75, 3.05) is 33.0 Å². The number of hydrogen-bond acceptors (Lipinski definition) is 5. The van der Waals surface area contributed by atoms with Crippen LogP contribution in [0.1, 0.15) is 0 Å². The van der Waals surface area contributed by atoms with Gasteiger partial charge in [0.15, 0.2) is 11.5 Å². The number of anilines is 1. The molecular formula is C10H14N2O4S. The molecule has 0 atom stereocenters. The second-order valence-corrected chi connectivity index (χ2v) is 5.98. The van der Waals surface area contributed by atoms with E-state index in [-0.39, 0.29) is 10.6 Å². The van der Waals surface area contributed by atoms with Crippen molar-refractivity contribution in [2.45, 2.75) is 4.90 Å². The van der Waals surface area contributed by atoms with Gasteiger partial charge in [-0.3, -0.25) is 0 Å². The number of sulfonamides is 1. The second kappa shape index (κ2) is 4.08. The number of benzene rings is 1. The zero-order valence-electron chi connectivity index (χ0n) is 9.63. The molecule has 2 N–H and O–H groups in total. The van der Waals surface area contributed by atoms with Crippen LogP contribution in [0.3, 0.4) is 0 Å². The third-order valence-electron chi connectivity index (χ3n) is 2.42. The Morgan fingerprint density at radius 1 is 1.24 bits per heavy atom. The molecule has 0 fully saturated rings. The van der Waals surface area contributed by atoms with Gasteiger partial charge in [-0.15, -0.1) is 0 Å². The Hall–Kier alpha value is -1.47. The fourth-order valence-corrected chi connectivity index (χ4v) is 2.47. The van der Waals surface area contributed by atoms with Gasteiger partial charge in [0.1, 0.15) is 13.2 Å². The van der Waals surface area contributed by atoms with E-state index in [0.717, 1.165) is 4.31 Å². The van der Waals surface area contributed by atoms with E-state index in [4.69, 9.17) is 15.2 Å². The molecule has 0 bridgehead atoms. The van der Waals surface area contributed by atoms with Crippen molar-refractivity contribution < 1.29 is 17.9 Å². The van der Waals surface area contributed by atoms with Gasteiger partial charge in [0.25, 0.3) is 0 Å². The summed E-state index contributed by atoms with van der Waals surface area (Å²) in [6.45, 7) is 0.800. The van der Waals surface area contributed by atoms with E-state index in [1.165, 1.54) is 26.2 Å². The zero-order valence-corrected chi connectivity index (χ0v) is 10.5.